The van der Waals surface area contributed by atoms with Crippen LogP contribution >= 0.6 is 0 Å². The highest BCUT2D eigenvalue weighted by atomic mass is 16.2. The number of rotatable bonds is 2. The highest BCUT2D eigenvalue weighted by Gasteiger charge is 2.28. The van der Waals surface area contributed by atoms with Crippen LogP contribution in [-0.2, 0) is 4.79 Å². The number of aromatic amines is 2. The van der Waals surface area contributed by atoms with E-state index in [4.69, 9.17) is 5.73 Å². The van der Waals surface area contributed by atoms with Gasteiger partial charge in [0.2, 0.25) is 0 Å². The summed E-state index contributed by atoms with van der Waals surface area (Å²) in [4.78, 5) is 38.7. The van der Waals surface area contributed by atoms with E-state index in [1.165, 1.54) is 6.08 Å². The molecule has 0 radical (unpaired) electrons. The van der Waals surface area contributed by atoms with Crippen LogP contribution in [0.1, 0.15) is 26.7 Å². The molecule has 7 heteroatoms. The maximum atomic E-state index is 11.6. The second-order valence-corrected chi connectivity index (χ2v) is 5.48. The zero-order valence-electron chi connectivity index (χ0n) is 10.8. The van der Waals surface area contributed by atoms with Gasteiger partial charge in [-0.1, -0.05) is 13.8 Å². The maximum Gasteiger partial charge on any atom is 0.327 e. The number of nitrogens with one attached hydrogen (secondary N) is 3. The molecule has 2 rings (SSSR count). The molecule has 1 aromatic heterocycles. The quantitative estimate of drug-likeness (QED) is 0.613. The molecule has 0 atom stereocenters. The number of carbonyl (C=O) groups excluding carboxylic acids is 1. The summed E-state index contributed by atoms with van der Waals surface area (Å²) in [6, 6.07) is 0. The van der Waals surface area contributed by atoms with Crippen LogP contribution in [0.25, 0.3) is 0 Å². The Kier molecular flexibility index (Phi) is 3.05. The van der Waals surface area contributed by atoms with Crippen molar-refractivity contribution >= 4 is 17.3 Å². The smallest absolute Gasteiger partial charge is 0.327 e. The van der Waals surface area contributed by atoms with Gasteiger partial charge in [-0.3, -0.25) is 19.6 Å². The van der Waals surface area contributed by atoms with Crippen molar-refractivity contribution in [3.05, 3.63) is 32.6 Å². The first kappa shape index (κ1) is 13.1. The molecule has 0 spiro atoms. The van der Waals surface area contributed by atoms with E-state index in [0.29, 0.717) is 18.5 Å². The second-order valence-electron chi connectivity index (χ2n) is 5.48. The Morgan fingerprint density at radius 2 is 1.89 bits per heavy atom. The molecular formula is C12H16N4O3. The van der Waals surface area contributed by atoms with Gasteiger partial charge < -0.3 is 11.1 Å². The summed E-state index contributed by atoms with van der Waals surface area (Å²) in [6.45, 7) is 3.94. The molecule has 5 N–H and O–H groups in total. The van der Waals surface area contributed by atoms with Gasteiger partial charge in [0.25, 0.3) is 5.56 Å². The highest BCUT2D eigenvalue weighted by molar-refractivity contribution is 5.92. The van der Waals surface area contributed by atoms with Crippen molar-refractivity contribution in [2.24, 2.45) is 5.41 Å². The molecule has 1 aromatic rings. The van der Waals surface area contributed by atoms with Crippen molar-refractivity contribution in [1.82, 2.24) is 9.97 Å². The largest absolute Gasteiger partial charge is 0.383 e. The van der Waals surface area contributed by atoms with E-state index < -0.39 is 11.2 Å². The van der Waals surface area contributed by atoms with Crippen molar-refractivity contribution in [2.75, 3.05) is 11.1 Å². The standard InChI is InChI=1S/C12H16N4O3/c1-12(2)4-6(3-7(17)5-12)14-8-9(13)15-11(19)16-10(8)18/h3,14H,4-5H2,1-2H3,(H4,13,15,16,18,19). The lowest BCUT2D eigenvalue weighted by atomic mass is 9.79. The first-order chi connectivity index (χ1) is 8.77. The summed E-state index contributed by atoms with van der Waals surface area (Å²) < 4.78 is 0. The lowest BCUT2D eigenvalue weighted by molar-refractivity contribution is -0.117. The van der Waals surface area contributed by atoms with Crippen molar-refractivity contribution in [3.8, 4) is 0 Å². The molecule has 0 bridgehead atoms. The topological polar surface area (TPSA) is 121 Å². The molecule has 102 valence electrons. The van der Waals surface area contributed by atoms with Gasteiger partial charge in [-0.25, -0.2) is 4.79 Å². The van der Waals surface area contributed by atoms with Crippen LogP contribution in [-0.4, -0.2) is 15.8 Å². The van der Waals surface area contributed by atoms with Crippen LogP contribution in [0.4, 0.5) is 11.5 Å². The maximum absolute atomic E-state index is 11.6. The third-order valence-electron chi connectivity index (χ3n) is 2.91. The average Bonchev–Trinajstić information content (AvgIpc) is 2.20. The number of ketones is 1. The first-order valence-electron chi connectivity index (χ1n) is 5.89. The molecule has 0 saturated heterocycles. The molecule has 1 aliphatic carbocycles. The predicted molar refractivity (Wildman–Crippen MR) is 71.8 cm³/mol. The summed E-state index contributed by atoms with van der Waals surface area (Å²) in [5, 5.41) is 2.83. The Morgan fingerprint density at radius 3 is 2.47 bits per heavy atom. The van der Waals surface area contributed by atoms with Gasteiger partial charge >= 0.3 is 5.69 Å². The third-order valence-corrected chi connectivity index (χ3v) is 2.91. The molecular weight excluding hydrogens is 248 g/mol. The molecule has 19 heavy (non-hydrogen) atoms. The van der Waals surface area contributed by atoms with Crippen molar-refractivity contribution in [1.29, 1.82) is 0 Å². The minimum absolute atomic E-state index is 0.00169. The fourth-order valence-electron chi connectivity index (χ4n) is 2.22. The predicted octanol–water partition coefficient (Wildman–Crippen LogP) is 0.330. The van der Waals surface area contributed by atoms with Gasteiger partial charge in [-0.2, -0.15) is 0 Å². The number of hydrogen-bond donors (Lipinski definition) is 4. The van der Waals surface area contributed by atoms with Gasteiger partial charge in [-0.05, 0) is 11.8 Å². The van der Waals surface area contributed by atoms with E-state index in [0.717, 1.165) is 0 Å². The zero-order chi connectivity index (χ0) is 14.2. The van der Waals surface area contributed by atoms with E-state index >= 15 is 0 Å². The van der Waals surface area contributed by atoms with Gasteiger partial charge in [0, 0.05) is 18.2 Å². The fourth-order valence-corrected chi connectivity index (χ4v) is 2.22. The number of hydrogen-bond acceptors (Lipinski definition) is 5. The van der Waals surface area contributed by atoms with E-state index in [9.17, 15) is 14.4 Å². The normalized spacial score (nSPS) is 18.0. The molecule has 7 nitrogen and oxygen atoms in total. The SMILES string of the molecule is CC1(C)CC(=O)C=C(Nc2c(N)[nH]c(=O)[nH]c2=O)C1. The van der Waals surface area contributed by atoms with E-state index in [1.54, 1.807) is 0 Å². The lowest BCUT2D eigenvalue weighted by Gasteiger charge is -2.29. The Balaban J connectivity index is 2.35. The molecule has 0 fully saturated rings. The van der Waals surface area contributed by atoms with Crippen LogP contribution in [0, 0.1) is 5.41 Å². The van der Waals surface area contributed by atoms with Crippen molar-refractivity contribution in [2.45, 2.75) is 26.7 Å². The monoisotopic (exact) mass is 264 g/mol. The van der Waals surface area contributed by atoms with Gasteiger partial charge in [-0.15, -0.1) is 0 Å². The number of allylic oxidation sites excluding steroid dienone is 2. The zero-order valence-corrected chi connectivity index (χ0v) is 10.8. The highest BCUT2D eigenvalue weighted by Crippen LogP contribution is 2.33. The van der Waals surface area contributed by atoms with Crippen LogP contribution in [0.2, 0.25) is 0 Å². The number of carbonyl (C=O) groups is 1. The Bertz CT molecular complexity index is 666. The van der Waals surface area contributed by atoms with E-state index in [1.807, 2.05) is 13.8 Å². The third kappa shape index (κ3) is 2.93. The van der Waals surface area contributed by atoms with Crippen LogP contribution in [0.5, 0.6) is 0 Å². The fraction of sp³-hybridized carbons (Fsp3) is 0.417. The van der Waals surface area contributed by atoms with E-state index in [2.05, 4.69) is 15.3 Å². The molecule has 0 saturated carbocycles. The average molecular weight is 264 g/mol. The van der Waals surface area contributed by atoms with Gasteiger partial charge in [0.05, 0.1) is 0 Å². The molecule has 1 heterocycles. The van der Waals surface area contributed by atoms with Gasteiger partial charge in [0.1, 0.15) is 11.5 Å². The first-order valence-corrected chi connectivity index (χ1v) is 5.89. The number of anilines is 2. The van der Waals surface area contributed by atoms with E-state index in [-0.39, 0.29) is 22.7 Å². The van der Waals surface area contributed by atoms with Crippen LogP contribution in [0.15, 0.2) is 21.4 Å². The summed E-state index contributed by atoms with van der Waals surface area (Å²) in [5.74, 6) is -0.0522. The van der Waals surface area contributed by atoms with Crippen LogP contribution in [0.3, 0.4) is 0 Å². The minimum atomic E-state index is -0.665. The summed E-state index contributed by atoms with van der Waals surface area (Å²) in [7, 11) is 0. The molecule has 0 unspecified atom stereocenters. The van der Waals surface area contributed by atoms with Crippen molar-refractivity contribution in [3.63, 3.8) is 0 Å². The molecule has 0 amide bonds. The number of nitrogens with two attached hydrogens (primary N) is 1. The number of nitrogen functional groups attached to an aromatic ring is 1. The Labute approximate surface area is 108 Å². The van der Waals surface area contributed by atoms with Crippen LogP contribution < -0.4 is 22.3 Å². The van der Waals surface area contributed by atoms with Gasteiger partial charge in [0.15, 0.2) is 5.78 Å². The number of aromatic nitrogens is 2. The Morgan fingerprint density at radius 1 is 1.21 bits per heavy atom. The molecule has 0 aliphatic heterocycles. The number of H-pyrrole nitrogens is 2. The lowest BCUT2D eigenvalue weighted by Crippen LogP contribution is -2.29. The summed E-state index contributed by atoms with van der Waals surface area (Å²) in [6.07, 6.45) is 2.56. The summed E-state index contributed by atoms with van der Waals surface area (Å²) >= 11 is 0. The Hall–Kier alpha value is -2.31. The molecule has 1 aliphatic rings. The minimum Gasteiger partial charge on any atom is -0.383 e. The van der Waals surface area contributed by atoms with Crippen molar-refractivity contribution < 1.29 is 4.79 Å². The summed E-state index contributed by atoms with van der Waals surface area (Å²) in [5.41, 5.74) is 4.81. The molecule has 0 aromatic carbocycles. The second kappa shape index (κ2) is 4.42.